The Morgan fingerprint density at radius 3 is 0.873 bits per heavy atom. The molecule has 1 unspecified atom stereocenters. The van der Waals surface area contributed by atoms with Gasteiger partial charge < -0.3 is 14.6 Å². The average Bonchev–Trinajstić information content (AvgIpc) is 3.17. The summed E-state index contributed by atoms with van der Waals surface area (Å²) in [6.07, 6.45) is 48.9. The number of unbranched alkanes of at least 4 members (excludes halogenated alkanes) is 32. The molecule has 0 rings (SSSR count). The third-order valence-corrected chi connectivity index (χ3v) is 11.8. The van der Waals surface area contributed by atoms with Crippen LogP contribution in [0.5, 0.6) is 0 Å². The van der Waals surface area contributed by atoms with Crippen LogP contribution >= 0.6 is 0 Å². The number of esters is 2. The van der Waals surface area contributed by atoms with Crippen molar-refractivity contribution in [3.63, 3.8) is 0 Å². The highest BCUT2D eigenvalue weighted by atomic mass is 16.6. The molecule has 0 fully saturated rings. The zero-order valence-corrected chi connectivity index (χ0v) is 37.8. The molecule has 5 heteroatoms. The van der Waals surface area contributed by atoms with Gasteiger partial charge in [-0.15, -0.1) is 0 Å². The Morgan fingerprint density at radius 2 is 0.618 bits per heavy atom. The van der Waals surface area contributed by atoms with Gasteiger partial charge in [0.05, 0.1) is 0 Å². The Hall–Kier alpha value is -1.10. The summed E-state index contributed by atoms with van der Waals surface area (Å²) in [5, 5.41) is 10.1. The van der Waals surface area contributed by atoms with Crippen LogP contribution < -0.4 is 0 Å². The molecular weight excluding hydrogens is 681 g/mol. The lowest BCUT2D eigenvalue weighted by Gasteiger charge is -2.12. The molecule has 0 bridgehead atoms. The van der Waals surface area contributed by atoms with Gasteiger partial charge in [0, 0.05) is 12.8 Å². The molecule has 0 spiro atoms. The van der Waals surface area contributed by atoms with Crippen molar-refractivity contribution >= 4 is 11.9 Å². The minimum Gasteiger partial charge on any atom is -0.463 e. The first-order chi connectivity index (χ1) is 26.8. The highest BCUT2D eigenvalue weighted by Crippen LogP contribution is 2.18. The van der Waals surface area contributed by atoms with Gasteiger partial charge in [0.1, 0.15) is 19.3 Å². The highest BCUT2D eigenvalue weighted by Gasteiger charge is 2.12. The second kappa shape index (κ2) is 44.0. The van der Waals surface area contributed by atoms with E-state index < -0.39 is 6.10 Å². The number of rotatable bonds is 45. The lowest BCUT2D eigenvalue weighted by atomic mass is 9.99. The summed E-state index contributed by atoms with van der Waals surface area (Å²) in [5.41, 5.74) is 0. The van der Waals surface area contributed by atoms with E-state index in [0.717, 1.165) is 37.5 Å². The predicted molar refractivity (Wildman–Crippen MR) is 238 cm³/mol. The third-order valence-electron chi connectivity index (χ3n) is 11.8. The van der Waals surface area contributed by atoms with Gasteiger partial charge in [-0.1, -0.05) is 252 Å². The van der Waals surface area contributed by atoms with E-state index in [1.54, 1.807) is 0 Å². The van der Waals surface area contributed by atoms with Gasteiger partial charge >= 0.3 is 11.9 Å². The number of hydrogen-bond donors (Lipinski definition) is 1. The van der Waals surface area contributed by atoms with E-state index in [0.29, 0.717) is 12.8 Å². The molecule has 2 atom stereocenters. The molecule has 0 heterocycles. The molecule has 0 aromatic carbocycles. The molecule has 5 nitrogen and oxygen atoms in total. The van der Waals surface area contributed by atoms with Crippen LogP contribution in [0.25, 0.3) is 0 Å². The number of aliphatic hydroxyl groups is 1. The van der Waals surface area contributed by atoms with Crippen molar-refractivity contribution < 1.29 is 24.2 Å². The minimum absolute atomic E-state index is 0.108. The van der Waals surface area contributed by atoms with Gasteiger partial charge in [-0.3, -0.25) is 9.59 Å². The lowest BCUT2D eigenvalue weighted by Crippen LogP contribution is -2.25. The van der Waals surface area contributed by atoms with Crippen LogP contribution in [0.4, 0.5) is 0 Å². The zero-order chi connectivity index (χ0) is 40.3. The minimum atomic E-state index is -0.957. The molecule has 0 aromatic heterocycles. The maximum Gasteiger partial charge on any atom is 0.305 e. The first-order valence-electron chi connectivity index (χ1n) is 24.8. The quantitative estimate of drug-likeness (QED) is 0.0492. The van der Waals surface area contributed by atoms with E-state index in [2.05, 4.69) is 27.7 Å². The molecule has 0 radical (unpaired) electrons. The van der Waals surface area contributed by atoms with E-state index in [1.807, 2.05) is 0 Å². The maximum absolute atomic E-state index is 12.1. The second-order valence-electron chi connectivity index (χ2n) is 18.0. The highest BCUT2D eigenvalue weighted by molar-refractivity contribution is 5.69. The molecule has 0 aromatic rings. The largest absolute Gasteiger partial charge is 0.463 e. The zero-order valence-electron chi connectivity index (χ0n) is 37.8. The fourth-order valence-electron chi connectivity index (χ4n) is 7.66. The summed E-state index contributed by atoms with van der Waals surface area (Å²) in [5.74, 6) is 1.23. The summed E-state index contributed by atoms with van der Waals surface area (Å²) in [6.45, 7) is 9.12. The van der Waals surface area contributed by atoms with E-state index in [4.69, 9.17) is 9.47 Å². The monoisotopic (exact) mass is 779 g/mol. The van der Waals surface area contributed by atoms with Gasteiger partial charge in [0.2, 0.25) is 0 Å². The third kappa shape index (κ3) is 45.5. The van der Waals surface area contributed by atoms with Gasteiger partial charge in [-0.2, -0.15) is 0 Å². The van der Waals surface area contributed by atoms with Crippen LogP contribution in [-0.4, -0.2) is 36.4 Å². The number of carbonyl (C=O) groups excluding carboxylic acids is 2. The number of hydrogen-bond acceptors (Lipinski definition) is 5. The van der Waals surface area contributed by atoms with Crippen LogP contribution in [0.3, 0.4) is 0 Å². The second-order valence-corrected chi connectivity index (χ2v) is 18.0. The van der Waals surface area contributed by atoms with Gasteiger partial charge in [-0.05, 0) is 24.7 Å². The molecule has 0 saturated carbocycles. The Morgan fingerprint density at radius 1 is 0.382 bits per heavy atom. The average molecular weight is 779 g/mol. The number of ether oxygens (including phenoxy) is 2. The van der Waals surface area contributed by atoms with E-state index in [-0.39, 0.29) is 25.2 Å². The first-order valence-corrected chi connectivity index (χ1v) is 24.8. The predicted octanol–water partition coefficient (Wildman–Crippen LogP) is 16.0. The van der Waals surface area contributed by atoms with Crippen molar-refractivity contribution in [2.24, 2.45) is 11.8 Å². The van der Waals surface area contributed by atoms with E-state index in [1.165, 1.54) is 212 Å². The standard InChI is InChI=1S/C50H98O5/c1-5-47(4)41-37-33-29-25-21-17-13-8-6-7-9-14-18-22-26-30-34-38-42-49(52)54-44-48(51)45-55-50(53)43-39-35-31-27-23-19-15-11-10-12-16-20-24-28-32-36-40-46(2)3/h46-48,51H,5-45H2,1-4H3/t47?,48-/m0/s1. The Kier molecular flexibility index (Phi) is 43.1. The van der Waals surface area contributed by atoms with Gasteiger partial charge in [0.25, 0.3) is 0 Å². The SMILES string of the molecule is CCC(C)CCCCCCCCCCCCCCCCCCCCC(=O)OC[C@H](O)COC(=O)CCCCCCCCCCCCCCCCCCC(C)C. The van der Waals surface area contributed by atoms with Crippen LogP contribution in [0.1, 0.15) is 278 Å². The molecule has 55 heavy (non-hydrogen) atoms. The molecule has 0 saturated heterocycles. The Balaban J connectivity index is 3.34. The molecule has 1 N–H and O–H groups in total. The smallest absolute Gasteiger partial charge is 0.305 e. The summed E-state index contributed by atoms with van der Waals surface area (Å²) < 4.78 is 10.4. The topological polar surface area (TPSA) is 72.8 Å². The first kappa shape index (κ1) is 53.9. The van der Waals surface area contributed by atoms with Crippen molar-refractivity contribution in [3.05, 3.63) is 0 Å². The fraction of sp³-hybridized carbons (Fsp3) is 0.960. The van der Waals surface area contributed by atoms with Crippen molar-refractivity contribution in [2.45, 2.75) is 284 Å². The molecule has 328 valence electrons. The maximum atomic E-state index is 12.1. The Labute approximate surface area is 344 Å². The van der Waals surface area contributed by atoms with Crippen molar-refractivity contribution in [2.75, 3.05) is 13.2 Å². The molecule has 0 aliphatic rings. The van der Waals surface area contributed by atoms with Gasteiger partial charge in [-0.25, -0.2) is 0 Å². The molecule has 0 aliphatic carbocycles. The molecular formula is C50H98O5. The molecule has 0 amide bonds. The van der Waals surface area contributed by atoms with Crippen molar-refractivity contribution in [1.82, 2.24) is 0 Å². The number of carbonyl (C=O) groups is 2. The lowest BCUT2D eigenvalue weighted by molar-refractivity contribution is -0.152. The van der Waals surface area contributed by atoms with Crippen LogP contribution in [-0.2, 0) is 19.1 Å². The number of aliphatic hydroxyl groups excluding tert-OH is 1. The van der Waals surface area contributed by atoms with E-state index in [9.17, 15) is 14.7 Å². The van der Waals surface area contributed by atoms with Crippen molar-refractivity contribution in [3.8, 4) is 0 Å². The molecule has 0 aliphatic heterocycles. The summed E-state index contributed by atoms with van der Waals surface area (Å²) in [6, 6.07) is 0. The summed E-state index contributed by atoms with van der Waals surface area (Å²) in [7, 11) is 0. The normalized spacial score (nSPS) is 12.7. The summed E-state index contributed by atoms with van der Waals surface area (Å²) in [4.78, 5) is 24.1. The fourth-order valence-corrected chi connectivity index (χ4v) is 7.66. The summed E-state index contributed by atoms with van der Waals surface area (Å²) >= 11 is 0. The van der Waals surface area contributed by atoms with E-state index >= 15 is 0 Å². The van der Waals surface area contributed by atoms with Crippen LogP contribution in [0.15, 0.2) is 0 Å². The Bertz CT molecular complexity index is 782. The van der Waals surface area contributed by atoms with Crippen LogP contribution in [0.2, 0.25) is 0 Å². The van der Waals surface area contributed by atoms with Crippen molar-refractivity contribution in [1.29, 1.82) is 0 Å². The van der Waals surface area contributed by atoms with Crippen LogP contribution in [0, 0.1) is 11.8 Å². The van der Waals surface area contributed by atoms with Gasteiger partial charge in [0.15, 0.2) is 0 Å².